The highest BCUT2D eigenvalue weighted by atomic mass is 32.1. The maximum absolute atomic E-state index is 4.57. The first kappa shape index (κ1) is 11.2. The van der Waals surface area contributed by atoms with E-state index in [9.17, 15) is 0 Å². The summed E-state index contributed by atoms with van der Waals surface area (Å²) >= 11 is 1.69. The van der Waals surface area contributed by atoms with E-state index in [-0.39, 0.29) is 0 Å². The Balaban J connectivity index is 2.17. The quantitative estimate of drug-likeness (QED) is 0.714. The van der Waals surface area contributed by atoms with E-state index in [4.69, 9.17) is 0 Å². The van der Waals surface area contributed by atoms with Crippen molar-refractivity contribution < 1.29 is 0 Å². The molecule has 0 aliphatic heterocycles. The molecule has 2 heterocycles. The predicted molar refractivity (Wildman–Crippen MR) is 74.4 cm³/mol. The summed E-state index contributed by atoms with van der Waals surface area (Å²) in [6, 6.07) is 14.3. The van der Waals surface area contributed by atoms with Crippen LogP contribution in [0.2, 0.25) is 0 Å². The summed E-state index contributed by atoms with van der Waals surface area (Å²) in [5.74, 6) is 0. The van der Waals surface area contributed by atoms with Gasteiger partial charge < -0.3 is 0 Å². The van der Waals surface area contributed by atoms with Gasteiger partial charge in [-0.05, 0) is 18.4 Å². The van der Waals surface area contributed by atoms with Gasteiger partial charge in [-0.1, -0.05) is 36.4 Å². The summed E-state index contributed by atoms with van der Waals surface area (Å²) in [6.07, 6.45) is 0. The van der Waals surface area contributed by atoms with E-state index in [1.54, 1.807) is 16.1 Å². The molecule has 3 aromatic rings. The van der Waals surface area contributed by atoms with Crippen molar-refractivity contribution in [2.24, 2.45) is 0 Å². The molecule has 0 unspecified atom stereocenters. The van der Waals surface area contributed by atoms with Crippen LogP contribution in [0.4, 0.5) is 0 Å². The van der Waals surface area contributed by atoms with Gasteiger partial charge in [-0.15, -0.1) is 11.3 Å². The highest BCUT2D eigenvalue weighted by Gasteiger charge is 2.14. The van der Waals surface area contributed by atoms with Crippen LogP contribution in [-0.4, -0.2) is 15.0 Å². The topological polar surface area (TPSA) is 30.7 Å². The average Bonchev–Trinajstić information content (AvgIpc) is 3.08. The molecular weight excluding hydrogens is 242 g/mol. The lowest BCUT2D eigenvalue weighted by molar-refractivity contribution is 0.572. The lowest BCUT2D eigenvalue weighted by atomic mass is 10.1. The Morgan fingerprint density at radius 1 is 1.00 bits per heavy atom. The lowest BCUT2D eigenvalue weighted by Gasteiger charge is -1.97. The molecule has 0 fully saturated rings. The molecule has 0 saturated carbocycles. The molecule has 0 saturated heterocycles. The summed E-state index contributed by atoms with van der Waals surface area (Å²) in [6.45, 7) is 2.83. The fraction of sp³-hybridized carbons (Fsp3) is 0.143. The molecule has 0 amide bonds. The Bertz CT molecular complexity index is 626. The summed E-state index contributed by atoms with van der Waals surface area (Å²) in [4.78, 5) is 2.91. The maximum Gasteiger partial charge on any atom is 0.131 e. The maximum atomic E-state index is 4.57. The van der Waals surface area contributed by atoms with Gasteiger partial charge in [0.2, 0.25) is 0 Å². The molecule has 90 valence electrons. The molecule has 0 bridgehead atoms. The molecular formula is C14H13N3S. The molecule has 3 rings (SSSR count). The van der Waals surface area contributed by atoms with Gasteiger partial charge in [-0.25, -0.2) is 0 Å². The van der Waals surface area contributed by atoms with E-state index in [1.165, 1.54) is 0 Å². The lowest BCUT2D eigenvalue weighted by Crippen LogP contribution is -1.98. The average molecular weight is 255 g/mol. The van der Waals surface area contributed by atoms with E-state index in [2.05, 4.69) is 33.8 Å². The van der Waals surface area contributed by atoms with Gasteiger partial charge in [0.15, 0.2) is 0 Å². The van der Waals surface area contributed by atoms with Crippen molar-refractivity contribution in [1.29, 1.82) is 0 Å². The smallest absolute Gasteiger partial charge is 0.131 e. The second-order valence-corrected chi connectivity index (χ2v) is 4.88. The zero-order valence-electron chi connectivity index (χ0n) is 10.1. The zero-order chi connectivity index (χ0) is 12.4. The molecule has 18 heavy (non-hydrogen) atoms. The Hall–Kier alpha value is -1.94. The van der Waals surface area contributed by atoms with Crippen LogP contribution in [0.25, 0.3) is 21.8 Å². The van der Waals surface area contributed by atoms with Crippen LogP contribution < -0.4 is 0 Å². The fourth-order valence-electron chi connectivity index (χ4n) is 1.86. The molecule has 0 spiro atoms. The largest absolute Gasteiger partial charge is 0.184 e. The van der Waals surface area contributed by atoms with Gasteiger partial charge in [0.05, 0.1) is 11.4 Å². The van der Waals surface area contributed by atoms with Crippen molar-refractivity contribution >= 4 is 11.3 Å². The molecule has 0 atom stereocenters. The number of benzene rings is 1. The summed E-state index contributed by atoms with van der Waals surface area (Å²) in [5.41, 5.74) is 3.04. The normalized spacial score (nSPS) is 10.7. The molecule has 0 aliphatic rings. The van der Waals surface area contributed by atoms with E-state index >= 15 is 0 Å². The van der Waals surface area contributed by atoms with Gasteiger partial charge >= 0.3 is 0 Å². The van der Waals surface area contributed by atoms with Gasteiger partial charge in [0.1, 0.15) is 11.4 Å². The highest BCUT2D eigenvalue weighted by Crippen LogP contribution is 2.31. The van der Waals surface area contributed by atoms with Gasteiger partial charge in [-0.2, -0.15) is 15.0 Å². The molecule has 0 aliphatic carbocycles. The first-order chi connectivity index (χ1) is 8.88. The van der Waals surface area contributed by atoms with Crippen LogP contribution in [0.5, 0.6) is 0 Å². The standard InChI is InChI=1S/C14H13N3S/c1-2-17-15-13(11-7-4-3-5-8-11)14(16-17)12-9-6-10-18-12/h3-10H,2H2,1H3. The minimum absolute atomic E-state index is 0.783. The predicted octanol–water partition coefficient (Wildman–Crippen LogP) is 3.69. The Kier molecular flexibility index (Phi) is 2.94. The van der Waals surface area contributed by atoms with E-state index in [0.717, 1.165) is 28.4 Å². The third-order valence-electron chi connectivity index (χ3n) is 2.74. The van der Waals surface area contributed by atoms with Crippen molar-refractivity contribution in [1.82, 2.24) is 15.0 Å². The third kappa shape index (κ3) is 1.95. The summed E-state index contributed by atoms with van der Waals surface area (Å²) < 4.78 is 0. The highest BCUT2D eigenvalue weighted by molar-refractivity contribution is 7.13. The molecule has 4 heteroatoms. The second-order valence-electron chi connectivity index (χ2n) is 3.93. The Morgan fingerprint density at radius 2 is 1.78 bits per heavy atom. The van der Waals surface area contributed by atoms with Crippen molar-refractivity contribution in [3.63, 3.8) is 0 Å². The third-order valence-corrected chi connectivity index (χ3v) is 3.62. The van der Waals surface area contributed by atoms with E-state index in [1.807, 2.05) is 31.2 Å². The van der Waals surface area contributed by atoms with Gasteiger partial charge in [0.25, 0.3) is 0 Å². The number of rotatable bonds is 3. The minimum atomic E-state index is 0.783. The molecule has 1 aromatic carbocycles. The number of hydrogen-bond acceptors (Lipinski definition) is 3. The van der Waals surface area contributed by atoms with Crippen molar-refractivity contribution in [3.05, 3.63) is 47.8 Å². The monoisotopic (exact) mass is 255 g/mol. The van der Waals surface area contributed by atoms with Gasteiger partial charge in [-0.3, -0.25) is 0 Å². The Morgan fingerprint density at radius 3 is 2.44 bits per heavy atom. The van der Waals surface area contributed by atoms with Gasteiger partial charge in [0, 0.05) is 5.56 Å². The number of nitrogens with zero attached hydrogens (tertiary/aromatic N) is 3. The number of thiophene rings is 1. The zero-order valence-corrected chi connectivity index (χ0v) is 10.9. The minimum Gasteiger partial charge on any atom is -0.184 e. The van der Waals surface area contributed by atoms with Crippen LogP contribution in [0, 0.1) is 0 Å². The van der Waals surface area contributed by atoms with Crippen LogP contribution in [-0.2, 0) is 6.54 Å². The van der Waals surface area contributed by atoms with Crippen LogP contribution in [0.15, 0.2) is 47.8 Å². The van der Waals surface area contributed by atoms with Crippen LogP contribution in [0.1, 0.15) is 6.92 Å². The SMILES string of the molecule is CCn1nc(-c2ccccc2)c(-c2cccs2)n1. The summed E-state index contributed by atoms with van der Waals surface area (Å²) in [7, 11) is 0. The second kappa shape index (κ2) is 4.74. The molecule has 0 N–H and O–H groups in total. The van der Waals surface area contributed by atoms with Crippen molar-refractivity contribution in [2.75, 3.05) is 0 Å². The van der Waals surface area contributed by atoms with Crippen molar-refractivity contribution in [3.8, 4) is 21.8 Å². The number of aryl methyl sites for hydroxylation is 1. The molecule has 3 nitrogen and oxygen atoms in total. The van der Waals surface area contributed by atoms with Crippen molar-refractivity contribution in [2.45, 2.75) is 13.5 Å². The number of aromatic nitrogens is 3. The van der Waals surface area contributed by atoms with E-state index < -0.39 is 0 Å². The van der Waals surface area contributed by atoms with E-state index in [0.29, 0.717) is 0 Å². The number of hydrogen-bond donors (Lipinski definition) is 0. The first-order valence-electron chi connectivity index (χ1n) is 5.93. The van der Waals surface area contributed by atoms with Crippen LogP contribution in [0.3, 0.4) is 0 Å². The Labute approximate surface area is 110 Å². The molecule has 0 radical (unpaired) electrons. The molecule has 2 aromatic heterocycles. The van der Waals surface area contributed by atoms with Crippen LogP contribution >= 0.6 is 11.3 Å². The fourth-order valence-corrected chi connectivity index (χ4v) is 2.57. The first-order valence-corrected chi connectivity index (χ1v) is 6.81. The summed E-state index contributed by atoms with van der Waals surface area (Å²) in [5, 5.41) is 11.2.